The van der Waals surface area contributed by atoms with Crippen molar-refractivity contribution < 1.29 is 4.74 Å². The van der Waals surface area contributed by atoms with Crippen LogP contribution in [0.2, 0.25) is 0 Å². The Balaban J connectivity index is 3.39. The fourth-order valence-corrected chi connectivity index (χ4v) is 1.34. The molecule has 0 saturated heterocycles. The third kappa shape index (κ3) is 8.26. The number of ether oxygens (including phenoxy) is 1. The van der Waals surface area contributed by atoms with E-state index < -0.39 is 0 Å². The van der Waals surface area contributed by atoms with Gasteiger partial charge in [-0.3, -0.25) is 0 Å². The minimum absolute atomic E-state index is 0.633. The van der Waals surface area contributed by atoms with Crippen LogP contribution >= 0.6 is 0 Å². The number of hydrogen-bond donors (Lipinski definition) is 1. The molecular formula is C11H25NO. The second-order valence-electron chi connectivity index (χ2n) is 3.94. The van der Waals surface area contributed by atoms with Crippen molar-refractivity contribution in [3.8, 4) is 0 Å². The molecule has 0 amide bonds. The molecule has 0 aromatic carbocycles. The van der Waals surface area contributed by atoms with Crippen molar-refractivity contribution in [3.63, 3.8) is 0 Å². The summed E-state index contributed by atoms with van der Waals surface area (Å²) in [5.41, 5.74) is 0. The Morgan fingerprint density at radius 2 is 1.85 bits per heavy atom. The molecule has 0 aliphatic carbocycles. The van der Waals surface area contributed by atoms with Gasteiger partial charge in [0.2, 0.25) is 0 Å². The quantitative estimate of drug-likeness (QED) is 0.589. The van der Waals surface area contributed by atoms with Gasteiger partial charge in [0.15, 0.2) is 0 Å². The van der Waals surface area contributed by atoms with E-state index in [4.69, 9.17) is 4.74 Å². The van der Waals surface area contributed by atoms with E-state index in [2.05, 4.69) is 19.2 Å². The first-order chi connectivity index (χ1) is 6.20. The molecule has 0 spiro atoms. The van der Waals surface area contributed by atoms with Gasteiger partial charge in [-0.05, 0) is 39.2 Å². The standard InChI is InChI=1S/C11H25NO/c1-5-13-9-8-11(12-4)7-6-10(2)3/h10-12H,5-9H2,1-4H3. The molecule has 0 bridgehead atoms. The predicted octanol–water partition coefficient (Wildman–Crippen LogP) is 2.44. The summed E-state index contributed by atoms with van der Waals surface area (Å²) in [6.45, 7) is 8.31. The normalized spacial score (nSPS) is 13.6. The first-order valence-corrected chi connectivity index (χ1v) is 5.45. The molecule has 80 valence electrons. The van der Waals surface area contributed by atoms with Crippen molar-refractivity contribution >= 4 is 0 Å². The molecule has 0 aliphatic rings. The summed E-state index contributed by atoms with van der Waals surface area (Å²) in [6, 6.07) is 0.633. The summed E-state index contributed by atoms with van der Waals surface area (Å²) in [5, 5.41) is 3.34. The van der Waals surface area contributed by atoms with Gasteiger partial charge in [0.25, 0.3) is 0 Å². The summed E-state index contributed by atoms with van der Waals surface area (Å²) in [4.78, 5) is 0. The van der Waals surface area contributed by atoms with Gasteiger partial charge in [-0.15, -0.1) is 0 Å². The summed E-state index contributed by atoms with van der Waals surface area (Å²) in [6.07, 6.45) is 3.70. The average molecular weight is 187 g/mol. The van der Waals surface area contributed by atoms with Gasteiger partial charge < -0.3 is 10.1 Å². The summed E-state index contributed by atoms with van der Waals surface area (Å²) in [7, 11) is 2.04. The molecule has 0 radical (unpaired) electrons. The van der Waals surface area contributed by atoms with Crippen molar-refractivity contribution in [1.82, 2.24) is 5.32 Å². The topological polar surface area (TPSA) is 21.3 Å². The van der Waals surface area contributed by atoms with E-state index in [9.17, 15) is 0 Å². The first kappa shape index (κ1) is 12.9. The number of nitrogens with one attached hydrogen (secondary N) is 1. The second kappa shape index (κ2) is 8.52. The fraction of sp³-hybridized carbons (Fsp3) is 1.00. The molecule has 0 rings (SSSR count). The van der Waals surface area contributed by atoms with Gasteiger partial charge in [-0.1, -0.05) is 13.8 Å². The minimum Gasteiger partial charge on any atom is -0.382 e. The SMILES string of the molecule is CCOCCC(CCC(C)C)NC. The highest BCUT2D eigenvalue weighted by molar-refractivity contribution is 4.64. The maximum absolute atomic E-state index is 5.33. The molecule has 2 heteroatoms. The van der Waals surface area contributed by atoms with Gasteiger partial charge in [0.1, 0.15) is 0 Å². The van der Waals surface area contributed by atoms with E-state index in [0.29, 0.717) is 6.04 Å². The van der Waals surface area contributed by atoms with Crippen LogP contribution in [0.4, 0.5) is 0 Å². The van der Waals surface area contributed by atoms with E-state index in [1.54, 1.807) is 0 Å². The van der Waals surface area contributed by atoms with Crippen LogP contribution in [0.5, 0.6) is 0 Å². The molecule has 1 unspecified atom stereocenters. The molecule has 2 nitrogen and oxygen atoms in total. The molecule has 13 heavy (non-hydrogen) atoms. The third-order valence-corrected chi connectivity index (χ3v) is 2.32. The summed E-state index contributed by atoms with van der Waals surface area (Å²) in [5.74, 6) is 0.808. The van der Waals surface area contributed by atoms with Crippen LogP contribution in [0.25, 0.3) is 0 Å². The summed E-state index contributed by atoms with van der Waals surface area (Å²) >= 11 is 0. The van der Waals surface area contributed by atoms with E-state index in [1.807, 2.05) is 14.0 Å². The van der Waals surface area contributed by atoms with E-state index in [-0.39, 0.29) is 0 Å². The Labute approximate surface area is 83.1 Å². The zero-order chi connectivity index (χ0) is 10.1. The van der Waals surface area contributed by atoms with Crippen LogP contribution in [-0.2, 0) is 4.74 Å². The van der Waals surface area contributed by atoms with E-state index in [0.717, 1.165) is 25.6 Å². The molecule has 0 fully saturated rings. The van der Waals surface area contributed by atoms with Crippen LogP contribution in [0.15, 0.2) is 0 Å². The highest BCUT2D eigenvalue weighted by atomic mass is 16.5. The molecule has 0 aliphatic heterocycles. The number of hydrogen-bond acceptors (Lipinski definition) is 2. The second-order valence-corrected chi connectivity index (χ2v) is 3.94. The van der Waals surface area contributed by atoms with Crippen LogP contribution in [-0.4, -0.2) is 26.3 Å². The average Bonchev–Trinajstić information content (AvgIpc) is 2.10. The van der Waals surface area contributed by atoms with Gasteiger partial charge in [-0.25, -0.2) is 0 Å². The van der Waals surface area contributed by atoms with Gasteiger partial charge in [0, 0.05) is 19.3 Å². The Morgan fingerprint density at radius 1 is 1.15 bits per heavy atom. The lowest BCUT2D eigenvalue weighted by atomic mass is 10.0. The van der Waals surface area contributed by atoms with Crippen LogP contribution in [0.3, 0.4) is 0 Å². The molecule has 1 N–H and O–H groups in total. The molecule has 0 heterocycles. The van der Waals surface area contributed by atoms with Gasteiger partial charge in [0.05, 0.1) is 0 Å². The van der Waals surface area contributed by atoms with Gasteiger partial charge >= 0.3 is 0 Å². The Bertz CT molecular complexity index is 104. The minimum atomic E-state index is 0.633. The van der Waals surface area contributed by atoms with Crippen LogP contribution in [0, 0.1) is 5.92 Å². The van der Waals surface area contributed by atoms with E-state index >= 15 is 0 Å². The first-order valence-electron chi connectivity index (χ1n) is 5.45. The van der Waals surface area contributed by atoms with Crippen LogP contribution in [0.1, 0.15) is 40.0 Å². The Hall–Kier alpha value is -0.0800. The smallest absolute Gasteiger partial charge is 0.0480 e. The lowest BCUT2D eigenvalue weighted by molar-refractivity contribution is 0.135. The number of rotatable bonds is 8. The summed E-state index contributed by atoms with van der Waals surface area (Å²) < 4.78 is 5.33. The van der Waals surface area contributed by atoms with Gasteiger partial charge in [-0.2, -0.15) is 0 Å². The highest BCUT2D eigenvalue weighted by Gasteiger charge is 2.06. The van der Waals surface area contributed by atoms with E-state index in [1.165, 1.54) is 12.8 Å². The molecule has 1 atom stereocenters. The highest BCUT2D eigenvalue weighted by Crippen LogP contribution is 2.08. The maximum atomic E-state index is 5.33. The monoisotopic (exact) mass is 187 g/mol. The molecule has 0 saturated carbocycles. The maximum Gasteiger partial charge on any atom is 0.0480 e. The van der Waals surface area contributed by atoms with Crippen molar-refractivity contribution in [2.45, 2.75) is 46.1 Å². The molecular weight excluding hydrogens is 162 g/mol. The zero-order valence-corrected chi connectivity index (χ0v) is 9.60. The fourth-order valence-electron chi connectivity index (χ4n) is 1.34. The Morgan fingerprint density at radius 3 is 2.31 bits per heavy atom. The molecule has 0 aromatic rings. The Kier molecular flexibility index (Phi) is 8.46. The van der Waals surface area contributed by atoms with Crippen molar-refractivity contribution in [2.75, 3.05) is 20.3 Å². The van der Waals surface area contributed by atoms with Crippen molar-refractivity contribution in [1.29, 1.82) is 0 Å². The van der Waals surface area contributed by atoms with Crippen molar-refractivity contribution in [3.05, 3.63) is 0 Å². The largest absolute Gasteiger partial charge is 0.382 e. The zero-order valence-electron chi connectivity index (χ0n) is 9.60. The predicted molar refractivity (Wildman–Crippen MR) is 58.0 cm³/mol. The lowest BCUT2D eigenvalue weighted by Gasteiger charge is -2.16. The van der Waals surface area contributed by atoms with Crippen LogP contribution < -0.4 is 5.32 Å². The molecule has 0 aromatic heterocycles. The lowest BCUT2D eigenvalue weighted by Crippen LogP contribution is -2.27. The third-order valence-electron chi connectivity index (χ3n) is 2.32. The van der Waals surface area contributed by atoms with Crippen molar-refractivity contribution in [2.24, 2.45) is 5.92 Å².